The maximum Gasteiger partial charge on any atom is 0.340 e. The van der Waals surface area contributed by atoms with Crippen LogP contribution in [0.15, 0.2) is 109 Å². The summed E-state index contributed by atoms with van der Waals surface area (Å²) in [5.41, 5.74) is 2.46. The molecule has 24 heteroatoms. The second kappa shape index (κ2) is 27.7. The molecule has 0 aromatic heterocycles. The highest BCUT2D eigenvalue weighted by molar-refractivity contribution is 7.80. The molecular formula is C60H62N4O18S2. The van der Waals surface area contributed by atoms with E-state index in [-0.39, 0.29) is 23.0 Å². The van der Waals surface area contributed by atoms with E-state index in [1.807, 2.05) is 0 Å². The number of esters is 2. The van der Waals surface area contributed by atoms with E-state index in [4.69, 9.17) is 81.3 Å². The molecule has 0 saturated carbocycles. The first kappa shape index (κ1) is 59.3. The van der Waals surface area contributed by atoms with Gasteiger partial charge in [-0.15, -0.1) is 0 Å². The third-order valence-corrected chi connectivity index (χ3v) is 14.2. The Bertz CT molecular complexity index is 3040. The molecule has 0 unspecified atom stereocenters. The molecular weight excluding hydrogens is 1130 g/mol. The van der Waals surface area contributed by atoms with Crippen molar-refractivity contribution in [2.45, 2.75) is 11.2 Å². The Balaban J connectivity index is 0.488. The fourth-order valence-corrected chi connectivity index (χ4v) is 10.5. The van der Waals surface area contributed by atoms with Crippen molar-refractivity contribution in [3.63, 3.8) is 0 Å². The van der Waals surface area contributed by atoms with Gasteiger partial charge in [-0.3, -0.25) is 0 Å². The molecule has 4 heterocycles. The summed E-state index contributed by atoms with van der Waals surface area (Å²) in [6.07, 6.45) is 0. The number of rotatable bonds is 29. The van der Waals surface area contributed by atoms with Crippen molar-refractivity contribution in [1.82, 2.24) is 10.6 Å². The van der Waals surface area contributed by atoms with E-state index in [9.17, 15) is 30.0 Å². The molecule has 0 amide bonds. The van der Waals surface area contributed by atoms with E-state index >= 15 is 0 Å². The molecule has 10 rings (SSSR count). The minimum Gasteiger partial charge on any atom is -0.508 e. The summed E-state index contributed by atoms with van der Waals surface area (Å²) in [7, 11) is 0. The van der Waals surface area contributed by atoms with Crippen LogP contribution < -0.4 is 30.7 Å². The summed E-state index contributed by atoms with van der Waals surface area (Å²) in [4.78, 5) is 26.8. The third-order valence-electron chi connectivity index (χ3n) is 13.7. The van der Waals surface area contributed by atoms with Gasteiger partial charge >= 0.3 is 11.9 Å². The first-order chi connectivity index (χ1) is 40.9. The van der Waals surface area contributed by atoms with Crippen LogP contribution in [0.25, 0.3) is 0 Å². The van der Waals surface area contributed by atoms with Crippen LogP contribution in [0.3, 0.4) is 0 Å². The van der Waals surface area contributed by atoms with Crippen molar-refractivity contribution < 1.29 is 86.9 Å². The zero-order valence-corrected chi connectivity index (χ0v) is 47.1. The average Bonchev–Trinajstić information content (AvgIpc) is 1.47. The second-order valence-corrected chi connectivity index (χ2v) is 20.1. The highest BCUT2D eigenvalue weighted by Gasteiger charge is 2.55. The van der Waals surface area contributed by atoms with Crippen LogP contribution >= 0.6 is 24.4 Å². The molecule has 0 radical (unpaired) electrons. The summed E-state index contributed by atoms with van der Waals surface area (Å²) in [5.74, 6) is 0.0437. The molecule has 4 aliphatic rings. The number of hydrogen-bond acceptors (Lipinski definition) is 20. The number of fused-ring (bicyclic) bond motifs is 12. The van der Waals surface area contributed by atoms with E-state index in [0.717, 1.165) is 0 Å². The van der Waals surface area contributed by atoms with Crippen LogP contribution in [0.2, 0.25) is 0 Å². The molecule has 0 saturated heterocycles. The lowest BCUT2D eigenvalue weighted by Gasteiger charge is -2.36. The smallest absolute Gasteiger partial charge is 0.340 e. The van der Waals surface area contributed by atoms with Gasteiger partial charge in [0.25, 0.3) is 0 Å². The van der Waals surface area contributed by atoms with Gasteiger partial charge in [-0.25, -0.2) is 9.59 Å². The minimum absolute atomic E-state index is 0.0201. The van der Waals surface area contributed by atoms with Gasteiger partial charge in [0, 0.05) is 82.1 Å². The highest BCUT2D eigenvalue weighted by atomic mass is 32.1. The number of thiocarbonyl (C=S) groups is 2. The Labute approximate surface area is 493 Å². The Kier molecular flexibility index (Phi) is 19.5. The number of aromatic hydroxyl groups is 4. The van der Waals surface area contributed by atoms with E-state index in [1.54, 1.807) is 60.7 Å². The number of nitrogens with one attached hydrogen (secondary N) is 4. The first-order valence-electron chi connectivity index (χ1n) is 27.1. The number of hydrogen-bond donors (Lipinski definition) is 8. The first-order valence-corrected chi connectivity index (χ1v) is 27.9. The van der Waals surface area contributed by atoms with Crippen LogP contribution in [-0.4, -0.2) is 161 Å². The van der Waals surface area contributed by atoms with Gasteiger partial charge in [-0.2, -0.15) is 0 Å². The lowest BCUT2D eigenvalue weighted by Crippen LogP contribution is -2.33. The monoisotopic (exact) mass is 1190 g/mol. The lowest BCUT2D eigenvalue weighted by atomic mass is 9.77. The number of phenolic OH excluding ortho intramolecular Hbond substituents is 4. The van der Waals surface area contributed by atoms with Crippen molar-refractivity contribution in [2.24, 2.45) is 0 Å². The molecule has 4 aliphatic heterocycles. The highest BCUT2D eigenvalue weighted by Crippen LogP contribution is 2.59. The molecule has 0 fully saturated rings. The van der Waals surface area contributed by atoms with Crippen molar-refractivity contribution in [2.75, 3.05) is 129 Å². The standard InChI is InChI=1S/C60H62N4O18S2/c65-39-3-9-47-51(33-39)79-52-34-40(66)4-10-48(52)59(47)45-7-1-37(31-43(45)55(69)81-59)63-57(83)61-13-15-71-17-19-73-21-23-75-25-27-77-29-30-78-28-26-76-24-22-74-20-18-72-16-14-62-58(84)64-38-2-8-46-44(32-38)56(70)82-60(46)49-11-5-41(67)35-53(49)80-54-36-42(68)6-12-50(54)60/h1-12,31-36,65-68H,13-30H2,(H2,61,63,83)(H2,62,64,84). The zero-order valence-electron chi connectivity index (χ0n) is 45.4. The van der Waals surface area contributed by atoms with E-state index in [0.29, 0.717) is 208 Å². The number of phenols is 4. The van der Waals surface area contributed by atoms with E-state index in [2.05, 4.69) is 21.3 Å². The van der Waals surface area contributed by atoms with Crippen molar-refractivity contribution in [3.05, 3.63) is 154 Å². The average molecular weight is 1190 g/mol. The fourth-order valence-electron chi connectivity index (χ4n) is 10.0. The summed E-state index contributed by atoms with van der Waals surface area (Å²) in [5, 5.41) is 53.8. The third kappa shape index (κ3) is 13.5. The normalized spacial score (nSPS) is 14.2. The minimum atomic E-state index is -1.35. The van der Waals surface area contributed by atoms with Crippen molar-refractivity contribution >= 4 is 58.0 Å². The molecule has 0 bridgehead atoms. The van der Waals surface area contributed by atoms with Crippen LogP contribution in [0.1, 0.15) is 54.1 Å². The molecule has 0 atom stereocenters. The van der Waals surface area contributed by atoms with Crippen molar-refractivity contribution in [1.29, 1.82) is 0 Å². The SMILES string of the molecule is O=C1OC2(c3ccc(O)cc3Oc3cc(O)ccc32)c2ccc(NC(=S)NCCOCCOCCOCCOCCOCCOCCOCCOCCNC(=S)Nc3ccc4c(c3)C(=O)OC43c4ccc(O)cc4Oc4cc(O)ccc43)cc21. The number of anilines is 2. The second-order valence-electron chi connectivity index (χ2n) is 19.2. The number of ether oxygens (including phenoxy) is 12. The van der Waals surface area contributed by atoms with Gasteiger partial charge in [0.1, 0.15) is 46.0 Å². The fraction of sp³-hybridized carbons (Fsp3) is 0.333. The van der Waals surface area contributed by atoms with Crippen LogP contribution in [0.5, 0.6) is 46.0 Å². The maximum atomic E-state index is 13.4. The van der Waals surface area contributed by atoms with Gasteiger partial charge in [-0.1, -0.05) is 12.1 Å². The Morgan fingerprint density at radius 3 is 0.917 bits per heavy atom. The molecule has 8 N–H and O–H groups in total. The topological polar surface area (TPSA) is 274 Å². The summed E-state index contributed by atoms with van der Waals surface area (Å²) in [6, 6.07) is 29.0. The number of benzene rings is 6. The summed E-state index contributed by atoms with van der Waals surface area (Å²) >= 11 is 11.0. The summed E-state index contributed by atoms with van der Waals surface area (Å²) < 4.78 is 69.0. The van der Waals surface area contributed by atoms with Crippen LogP contribution in [0.4, 0.5) is 11.4 Å². The van der Waals surface area contributed by atoms with Crippen LogP contribution in [0, 0.1) is 0 Å². The molecule has 22 nitrogen and oxygen atoms in total. The number of carbonyl (C=O) groups excluding carboxylic acids is 2. The molecule has 442 valence electrons. The van der Waals surface area contributed by atoms with Gasteiger partial charge < -0.3 is 98.5 Å². The van der Waals surface area contributed by atoms with E-state index in [1.165, 1.54) is 48.5 Å². The molecule has 2 spiro atoms. The predicted octanol–water partition coefficient (Wildman–Crippen LogP) is 7.05. The van der Waals surface area contributed by atoms with Crippen LogP contribution in [-0.2, 0) is 58.6 Å². The Morgan fingerprint density at radius 1 is 0.369 bits per heavy atom. The summed E-state index contributed by atoms with van der Waals surface area (Å²) in [6.45, 7) is 7.48. The molecule has 84 heavy (non-hydrogen) atoms. The van der Waals surface area contributed by atoms with E-state index < -0.39 is 23.1 Å². The largest absolute Gasteiger partial charge is 0.508 e. The van der Waals surface area contributed by atoms with Gasteiger partial charge in [-0.05, 0) is 97.2 Å². The van der Waals surface area contributed by atoms with Gasteiger partial charge in [0.2, 0.25) is 0 Å². The lowest BCUT2D eigenvalue weighted by molar-refractivity contribution is -0.0228. The zero-order chi connectivity index (χ0) is 58.5. The molecule has 6 aromatic carbocycles. The Morgan fingerprint density at radius 2 is 0.631 bits per heavy atom. The predicted molar refractivity (Wildman–Crippen MR) is 311 cm³/mol. The van der Waals surface area contributed by atoms with Gasteiger partial charge in [0.05, 0.1) is 117 Å². The Hall–Kier alpha value is -7.88. The van der Waals surface area contributed by atoms with Crippen molar-refractivity contribution in [3.8, 4) is 46.0 Å². The number of carbonyl (C=O) groups is 2. The maximum absolute atomic E-state index is 13.4. The quantitative estimate of drug-likeness (QED) is 0.0133. The molecule has 6 aromatic rings. The molecule has 0 aliphatic carbocycles. The van der Waals surface area contributed by atoms with Gasteiger partial charge in [0.15, 0.2) is 21.4 Å².